The molecule has 0 N–H and O–H groups in total. The first kappa shape index (κ1) is 12.6. The Kier molecular flexibility index (Phi) is 2.83. The fraction of sp³-hybridized carbons (Fsp3) is 0.818. The molecule has 0 radical (unpaired) electrons. The summed E-state index contributed by atoms with van der Waals surface area (Å²) < 4.78 is 6.93. The van der Waals surface area contributed by atoms with Crippen LogP contribution in [0.15, 0.2) is 4.99 Å². The Morgan fingerprint density at radius 3 is 3.00 bits per heavy atom. The van der Waals surface area contributed by atoms with E-state index in [1.165, 1.54) is 0 Å². The molecule has 6 nitrogen and oxygen atoms in total. The van der Waals surface area contributed by atoms with Gasteiger partial charge in [-0.05, 0) is 14.0 Å². The third kappa shape index (κ3) is 1.60. The molecular weight excluding hydrogens is 347 g/mol. The highest BCUT2D eigenvalue weighted by atomic mass is 127. The van der Waals surface area contributed by atoms with Crippen molar-refractivity contribution in [2.24, 2.45) is 4.99 Å². The number of likely N-dealkylation sites (N-methyl/N-ethyl adjacent to an activating group) is 2. The van der Waals surface area contributed by atoms with Gasteiger partial charge in [-0.15, -0.1) is 0 Å². The van der Waals surface area contributed by atoms with Crippen LogP contribution in [0.4, 0.5) is 0 Å². The van der Waals surface area contributed by atoms with Crippen LogP contribution < -0.4 is 0 Å². The van der Waals surface area contributed by atoms with Crippen LogP contribution in [0.1, 0.15) is 6.92 Å². The Bertz CT molecular complexity index is 418. The second kappa shape index (κ2) is 4.04. The minimum atomic E-state index is -0.276. The van der Waals surface area contributed by atoms with E-state index in [1.807, 2.05) is 28.8 Å². The quantitative estimate of drug-likeness (QED) is 0.483. The number of rotatable bonds is 1. The summed E-state index contributed by atoms with van der Waals surface area (Å²) in [6, 6.07) is -0.202. The number of amides is 1. The summed E-state index contributed by atoms with van der Waals surface area (Å²) in [4.78, 5) is 22.7. The number of carbonyl (C=O) groups excluding carboxylic acids is 1. The average Bonchev–Trinajstić information content (AvgIpc) is 2.89. The van der Waals surface area contributed by atoms with Crippen molar-refractivity contribution in [1.82, 2.24) is 14.7 Å². The SMILES string of the molecule is CN1C=NC2C1C(=O)N1CC(C)(CI)OC1N2C. The van der Waals surface area contributed by atoms with Gasteiger partial charge in [0.15, 0.2) is 6.35 Å². The Balaban J connectivity index is 1.92. The number of alkyl halides is 1. The van der Waals surface area contributed by atoms with Crippen LogP contribution in [0.5, 0.6) is 0 Å². The zero-order valence-corrected chi connectivity index (χ0v) is 12.9. The van der Waals surface area contributed by atoms with Crippen LogP contribution in [0, 0.1) is 0 Å². The Morgan fingerprint density at radius 1 is 1.61 bits per heavy atom. The molecule has 3 rings (SSSR count). The van der Waals surface area contributed by atoms with E-state index in [9.17, 15) is 4.79 Å². The van der Waals surface area contributed by atoms with E-state index in [0.717, 1.165) is 4.43 Å². The van der Waals surface area contributed by atoms with Gasteiger partial charge in [0.1, 0.15) is 12.2 Å². The Labute approximate surface area is 120 Å². The molecule has 0 aromatic heterocycles. The van der Waals surface area contributed by atoms with Crippen molar-refractivity contribution >= 4 is 34.8 Å². The van der Waals surface area contributed by atoms with Gasteiger partial charge in [0.25, 0.3) is 5.91 Å². The molecule has 0 aromatic carbocycles. The summed E-state index contributed by atoms with van der Waals surface area (Å²) in [5, 5.41) is 0. The number of ether oxygens (including phenoxy) is 1. The van der Waals surface area contributed by atoms with Crippen molar-refractivity contribution in [2.45, 2.75) is 31.1 Å². The van der Waals surface area contributed by atoms with Gasteiger partial charge in [-0.1, -0.05) is 22.6 Å². The van der Waals surface area contributed by atoms with Gasteiger partial charge in [0.05, 0.1) is 18.5 Å². The maximum atomic E-state index is 12.5. The standard InChI is InChI=1S/C11H17IN4O2/c1-11(4-12)5-16-9(17)7-8(13-6-14(7)2)15(3)10(16)18-11/h6-8,10H,4-5H2,1-3H3. The molecule has 18 heavy (non-hydrogen) atoms. The molecule has 0 aromatic rings. The van der Waals surface area contributed by atoms with E-state index in [0.29, 0.717) is 6.54 Å². The number of fused-ring (bicyclic) bond motifs is 2. The number of carbonyl (C=O) groups is 1. The number of hydrogen-bond donors (Lipinski definition) is 0. The van der Waals surface area contributed by atoms with Crippen molar-refractivity contribution in [2.75, 3.05) is 25.1 Å². The largest absolute Gasteiger partial charge is 0.351 e. The lowest BCUT2D eigenvalue weighted by molar-refractivity contribution is -0.179. The van der Waals surface area contributed by atoms with Crippen LogP contribution in [0.2, 0.25) is 0 Å². The highest BCUT2D eigenvalue weighted by molar-refractivity contribution is 14.1. The molecule has 2 saturated heterocycles. The van der Waals surface area contributed by atoms with Crippen LogP contribution in [-0.2, 0) is 9.53 Å². The van der Waals surface area contributed by atoms with E-state index in [2.05, 4.69) is 34.5 Å². The number of halogens is 1. The monoisotopic (exact) mass is 364 g/mol. The fourth-order valence-electron chi connectivity index (χ4n) is 2.82. The van der Waals surface area contributed by atoms with Crippen molar-refractivity contribution in [1.29, 1.82) is 0 Å². The van der Waals surface area contributed by atoms with E-state index in [1.54, 1.807) is 6.34 Å². The van der Waals surface area contributed by atoms with Gasteiger partial charge >= 0.3 is 0 Å². The number of hydrogen-bond acceptors (Lipinski definition) is 5. The first-order chi connectivity index (χ1) is 8.47. The highest BCUT2D eigenvalue weighted by Crippen LogP contribution is 2.36. The zero-order chi connectivity index (χ0) is 13.1. The van der Waals surface area contributed by atoms with Gasteiger partial charge < -0.3 is 9.64 Å². The molecular formula is C11H17IN4O2. The molecule has 0 saturated carbocycles. The molecule has 3 heterocycles. The molecule has 4 atom stereocenters. The topological polar surface area (TPSA) is 48.4 Å². The fourth-order valence-corrected chi connectivity index (χ4v) is 3.25. The first-order valence-electron chi connectivity index (χ1n) is 5.98. The molecule has 0 aliphatic carbocycles. The molecule has 3 aliphatic rings. The predicted octanol–water partition coefficient (Wildman–Crippen LogP) is -0.0637. The third-order valence-corrected chi connectivity index (χ3v) is 5.48. The zero-order valence-electron chi connectivity index (χ0n) is 10.7. The van der Waals surface area contributed by atoms with Gasteiger partial charge in [0.2, 0.25) is 0 Å². The molecule has 0 spiro atoms. The lowest BCUT2D eigenvalue weighted by Gasteiger charge is -2.43. The first-order valence-corrected chi connectivity index (χ1v) is 7.51. The maximum absolute atomic E-state index is 12.5. The van der Waals surface area contributed by atoms with Crippen LogP contribution in [0.3, 0.4) is 0 Å². The summed E-state index contributed by atoms with van der Waals surface area (Å²) in [5.41, 5.74) is -0.254. The smallest absolute Gasteiger partial charge is 0.252 e. The lowest BCUT2D eigenvalue weighted by Crippen LogP contribution is -2.65. The van der Waals surface area contributed by atoms with Gasteiger partial charge in [0, 0.05) is 11.5 Å². The van der Waals surface area contributed by atoms with E-state index in [-0.39, 0.29) is 30.1 Å². The van der Waals surface area contributed by atoms with Crippen LogP contribution in [-0.4, -0.2) is 76.2 Å². The molecule has 4 unspecified atom stereocenters. The van der Waals surface area contributed by atoms with Crippen LogP contribution >= 0.6 is 22.6 Å². The summed E-state index contributed by atoms with van der Waals surface area (Å²) in [6.07, 6.45) is 1.34. The van der Waals surface area contributed by atoms with E-state index < -0.39 is 0 Å². The summed E-state index contributed by atoms with van der Waals surface area (Å²) in [6.45, 7) is 2.71. The van der Waals surface area contributed by atoms with Crippen LogP contribution in [0.25, 0.3) is 0 Å². The average molecular weight is 364 g/mol. The molecule has 2 fully saturated rings. The Hall–Kier alpha value is -0.410. The maximum Gasteiger partial charge on any atom is 0.252 e. The van der Waals surface area contributed by atoms with Gasteiger partial charge in [-0.25, -0.2) is 4.90 Å². The second-order valence-corrected chi connectivity index (χ2v) is 6.21. The third-order valence-electron chi connectivity index (χ3n) is 3.87. The normalized spacial score (nSPS) is 43.6. The number of nitrogens with zero attached hydrogens (tertiary/aromatic N) is 4. The molecule has 3 aliphatic heterocycles. The highest BCUT2D eigenvalue weighted by Gasteiger charge is 2.55. The van der Waals surface area contributed by atoms with Crippen molar-refractivity contribution in [3.05, 3.63) is 0 Å². The summed E-state index contributed by atoms with van der Waals surface area (Å²) in [5.74, 6) is 0.122. The molecule has 0 bridgehead atoms. The molecule has 7 heteroatoms. The van der Waals surface area contributed by atoms with Gasteiger partial charge in [-0.2, -0.15) is 0 Å². The van der Waals surface area contributed by atoms with Crippen molar-refractivity contribution < 1.29 is 9.53 Å². The van der Waals surface area contributed by atoms with Crippen molar-refractivity contribution in [3.8, 4) is 0 Å². The van der Waals surface area contributed by atoms with Gasteiger partial charge in [-0.3, -0.25) is 14.7 Å². The summed E-state index contributed by atoms with van der Waals surface area (Å²) >= 11 is 2.31. The van der Waals surface area contributed by atoms with Crippen molar-refractivity contribution in [3.63, 3.8) is 0 Å². The Morgan fingerprint density at radius 2 is 2.33 bits per heavy atom. The summed E-state index contributed by atoms with van der Waals surface area (Å²) in [7, 11) is 3.87. The van der Waals surface area contributed by atoms with E-state index >= 15 is 0 Å². The van der Waals surface area contributed by atoms with E-state index in [4.69, 9.17) is 4.74 Å². The molecule has 1 amide bonds. The molecule has 100 valence electrons. The minimum absolute atomic E-state index is 0.122. The lowest BCUT2D eigenvalue weighted by atomic mass is 10.1. The number of aliphatic imine (C=N–C) groups is 1. The minimum Gasteiger partial charge on any atom is -0.351 e. The second-order valence-electron chi connectivity index (χ2n) is 5.45. The predicted molar refractivity (Wildman–Crippen MR) is 75.5 cm³/mol.